The number of nitrogens with zero attached hydrogens (tertiary/aromatic N) is 3. The molecular formula is C33H24N4O2S. The van der Waals surface area contributed by atoms with Gasteiger partial charge in [0.25, 0.3) is 0 Å². The summed E-state index contributed by atoms with van der Waals surface area (Å²) < 4.78 is 1.07. The van der Waals surface area contributed by atoms with Gasteiger partial charge in [0.15, 0.2) is 0 Å². The normalized spacial score (nSPS) is 24.4. The maximum atomic E-state index is 14.4. The Hall–Kier alpha value is -4.62. The molecule has 5 aromatic rings. The fraction of sp³-hybridized carbons (Fsp3) is 0.152. The lowest BCUT2D eigenvalue weighted by atomic mass is 9.47. The third-order valence-corrected chi connectivity index (χ3v) is 9.64. The van der Waals surface area contributed by atoms with E-state index in [1.807, 2.05) is 85.9 Å². The van der Waals surface area contributed by atoms with Gasteiger partial charge in [-0.05, 0) is 53.4 Å². The van der Waals surface area contributed by atoms with Crippen LogP contribution in [0.25, 0.3) is 10.2 Å². The maximum Gasteiger partial charge on any atom is 0.239 e. The van der Waals surface area contributed by atoms with Crippen LogP contribution in [0.3, 0.4) is 0 Å². The van der Waals surface area contributed by atoms with Crippen molar-refractivity contribution in [2.24, 2.45) is 16.9 Å². The van der Waals surface area contributed by atoms with Gasteiger partial charge in [-0.25, -0.2) is 9.88 Å². The first-order valence-corrected chi connectivity index (χ1v) is 14.2. The van der Waals surface area contributed by atoms with Crippen LogP contribution in [0.5, 0.6) is 0 Å². The molecular weight excluding hydrogens is 516 g/mol. The molecule has 9 rings (SSSR count). The minimum absolute atomic E-state index is 0.148. The number of hydrogen-bond donors (Lipinski definition) is 1. The molecule has 1 aliphatic heterocycles. The number of imide groups is 1. The molecule has 1 N–H and O–H groups in total. The van der Waals surface area contributed by atoms with Crippen LogP contribution < -0.4 is 10.3 Å². The van der Waals surface area contributed by atoms with Gasteiger partial charge in [0.05, 0.1) is 33.2 Å². The van der Waals surface area contributed by atoms with Crippen molar-refractivity contribution < 1.29 is 9.59 Å². The van der Waals surface area contributed by atoms with E-state index in [0.717, 1.165) is 38.0 Å². The van der Waals surface area contributed by atoms with Crippen LogP contribution in [0.2, 0.25) is 0 Å². The Morgan fingerprint density at radius 1 is 0.850 bits per heavy atom. The van der Waals surface area contributed by atoms with Crippen molar-refractivity contribution in [2.45, 2.75) is 18.3 Å². The van der Waals surface area contributed by atoms with Crippen molar-refractivity contribution in [1.82, 2.24) is 4.98 Å². The number of carbonyl (C=O) groups excluding carboxylic acids is 2. The molecule has 2 heterocycles. The molecule has 0 radical (unpaired) electrons. The molecule has 4 aliphatic rings. The van der Waals surface area contributed by atoms with Crippen molar-refractivity contribution in [2.75, 3.05) is 10.3 Å². The number of anilines is 2. The van der Waals surface area contributed by atoms with E-state index in [-0.39, 0.29) is 17.7 Å². The molecule has 6 nitrogen and oxygen atoms in total. The number of rotatable bonds is 4. The summed E-state index contributed by atoms with van der Waals surface area (Å²) in [7, 11) is 0. The summed E-state index contributed by atoms with van der Waals surface area (Å²) in [6.07, 6.45) is 1.85. The van der Waals surface area contributed by atoms with Crippen molar-refractivity contribution >= 4 is 50.4 Å². The minimum Gasteiger partial charge on any atom is -0.274 e. The second kappa shape index (κ2) is 8.44. The second-order valence-electron chi connectivity index (χ2n) is 10.7. The van der Waals surface area contributed by atoms with Gasteiger partial charge in [-0.2, -0.15) is 5.10 Å². The third-order valence-electron chi connectivity index (χ3n) is 8.70. The molecule has 0 unspecified atom stereocenters. The van der Waals surface area contributed by atoms with E-state index in [4.69, 9.17) is 5.10 Å². The average Bonchev–Trinajstić information content (AvgIpc) is 3.52. The molecule has 1 saturated heterocycles. The molecule has 1 fully saturated rings. The largest absolute Gasteiger partial charge is 0.274 e. The molecule has 0 saturated carbocycles. The van der Waals surface area contributed by atoms with Gasteiger partial charge in [0.2, 0.25) is 16.9 Å². The number of aromatic nitrogens is 1. The van der Waals surface area contributed by atoms with E-state index in [9.17, 15) is 9.59 Å². The fourth-order valence-corrected chi connectivity index (χ4v) is 7.92. The quantitative estimate of drug-likeness (QED) is 0.166. The van der Waals surface area contributed by atoms with E-state index in [2.05, 4.69) is 34.7 Å². The summed E-state index contributed by atoms with van der Waals surface area (Å²) >= 11 is 1.53. The zero-order chi connectivity index (χ0) is 27.0. The lowest BCUT2D eigenvalue weighted by molar-refractivity contribution is -0.122. The van der Waals surface area contributed by atoms with Gasteiger partial charge < -0.3 is 0 Å². The minimum atomic E-state index is -0.914. The van der Waals surface area contributed by atoms with Gasteiger partial charge in [-0.3, -0.25) is 15.0 Å². The van der Waals surface area contributed by atoms with Crippen LogP contribution in [0.4, 0.5) is 10.8 Å². The molecule has 2 bridgehead atoms. The Bertz CT molecular complexity index is 1790. The first kappa shape index (κ1) is 23.3. The predicted octanol–water partition coefficient (Wildman–Crippen LogP) is 6.25. The van der Waals surface area contributed by atoms with Gasteiger partial charge in [-0.1, -0.05) is 89.7 Å². The molecule has 7 heteroatoms. The van der Waals surface area contributed by atoms with Gasteiger partial charge in [0, 0.05) is 12.1 Å². The van der Waals surface area contributed by atoms with E-state index in [1.54, 1.807) is 0 Å². The second-order valence-corrected chi connectivity index (χ2v) is 11.8. The van der Waals surface area contributed by atoms with Crippen LogP contribution in [-0.2, 0) is 15.0 Å². The number of aryl methyl sites for hydroxylation is 1. The standard InChI is InChI=1S/C33H24N4O2S/c1-19-14-16-20(17-15-19)37-30(38)28-27-21-8-2-4-10-23(21)33(29(28)31(37)39,24-11-5-3-9-22(24)27)18-34-36-32-35-25-12-6-7-13-26(25)40-32/h2-18,27-29H,1H3,(H,35,36)/b34-18-/t27?,28-,29+,33?/m1/s1. The van der Waals surface area contributed by atoms with E-state index < -0.39 is 17.3 Å². The summed E-state index contributed by atoms with van der Waals surface area (Å²) in [4.78, 5) is 34.7. The van der Waals surface area contributed by atoms with Gasteiger partial charge in [-0.15, -0.1) is 0 Å². The fourth-order valence-electron chi connectivity index (χ4n) is 7.11. The van der Waals surface area contributed by atoms with E-state index in [1.165, 1.54) is 16.2 Å². The lowest BCUT2D eigenvalue weighted by Crippen LogP contribution is -2.54. The summed E-state index contributed by atoms with van der Waals surface area (Å²) in [6.45, 7) is 1.99. The Kier molecular flexibility index (Phi) is 4.91. The number of hydrazone groups is 1. The molecule has 2 amide bonds. The molecule has 40 heavy (non-hydrogen) atoms. The Morgan fingerprint density at radius 3 is 2.20 bits per heavy atom. The number of benzene rings is 4. The Balaban J connectivity index is 1.32. The number of hydrogen-bond acceptors (Lipinski definition) is 6. The van der Waals surface area contributed by atoms with Crippen LogP contribution in [-0.4, -0.2) is 23.0 Å². The van der Waals surface area contributed by atoms with E-state index >= 15 is 0 Å². The summed E-state index contributed by atoms with van der Waals surface area (Å²) in [6, 6.07) is 32.0. The number of nitrogens with one attached hydrogen (secondary N) is 1. The van der Waals surface area contributed by atoms with Crippen molar-refractivity contribution in [3.63, 3.8) is 0 Å². The van der Waals surface area contributed by atoms with Crippen LogP contribution in [0.15, 0.2) is 102 Å². The average molecular weight is 541 g/mol. The molecule has 2 atom stereocenters. The highest BCUT2D eigenvalue weighted by molar-refractivity contribution is 7.22. The molecule has 0 spiro atoms. The number of fused-ring (bicyclic) bond motifs is 1. The zero-order valence-corrected chi connectivity index (χ0v) is 22.4. The van der Waals surface area contributed by atoms with Crippen molar-refractivity contribution in [3.8, 4) is 0 Å². The highest BCUT2D eigenvalue weighted by Crippen LogP contribution is 2.63. The third kappa shape index (κ3) is 3.04. The number of thiazole rings is 1. The highest BCUT2D eigenvalue weighted by atomic mass is 32.1. The molecule has 1 aromatic heterocycles. The van der Waals surface area contributed by atoms with Gasteiger partial charge in [0.1, 0.15) is 0 Å². The molecule has 4 aromatic carbocycles. The van der Waals surface area contributed by atoms with Crippen LogP contribution in [0.1, 0.15) is 33.7 Å². The summed E-state index contributed by atoms with van der Waals surface area (Å²) in [5.41, 5.74) is 9.05. The first-order valence-electron chi connectivity index (χ1n) is 13.4. The Labute approximate surface area is 235 Å². The maximum absolute atomic E-state index is 14.4. The highest BCUT2D eigenvalue weighted by Gasteiger charge is 2.68. The molecule has 3 aliphatic carbocycles. The predicted molar refractivity (Wildman–Crippen MR) is 158 cm³/mol. The zero-order valence-electron chi connectivity index (χ0n) is 21.6. The molecule has 194 valence electrons. The Morgan fingerprint density at radius 2 is 1.50 bits per heavy atom. The van der Waals surface area contributed by atoms with Crippen molar-refractivity contribution in [3.05, 3.63) is 125 Å². The van der Waals surface area contributed by atoms with E-state index in [0.29, 0.717) is 10.8 Å². The van der Waals surface area contributed by atoms with Gasteiger partial charge >= 0.3 is 0 Å². The SMILES string of the molecule is Cc1ccc(N2C(=O)[C@@H]3C4c5ccccc5C(/C=N\Nc5nc6ccccc6s5)(c5ccccc54)[C@@H]3C2=O)cc1. The van der Waals surface area contributed by atoms with Crippen LogP contribution in [0, 0.1) is 18.8 Å². The smallest absolute Gasteiger partial charge is 0.239 e. The summed E-state index contributed by atoms with van der Waals surface area (Å²) in [5.74, 6) is -1.66. The topological polar surface area (TPSA) is 74.7 Å². The first-order chi connectivity index (χ1) is 19.6. The summed E-state index contributed by atoms with van der Waals surface area (Å²) in [5, 5.41) is 5.42. The number of amides is 2. The van der Waals surface area contributed by atoms with Crippen molar-refractivity contribution in [1.29, 1.82) is 0 Å². The monoisotopic (exact) mass is 540 g/mol. The number of para-hydroxylation sites is 1. The van der Waals surface area contributed by atoms with Crippen LogP contribution >= 0.6 is 11.3 Å². The number of carbonyl (C=O) groups is 2. The lowest BCUT2D eigenvalue weighted by Gasteiger charge is -2.52.